The maximum Gasteiger partial charge on any atom is 0.125 e. The smallest absolute Gasteiger partial charge is 0.125 e. The Balaban J connectivity index is 1.81. The van der Waals surface area contributed by atoms with Crippen molar-refractivity contribution in [3.63, 3.8) is 0 Å². The van der Waals surface area contributed by atoms with Crippen LogP contribution in [0.2, 0.25) is 0 Å². The first-order chi connectivity index (χ1) is 7.74. The summed E-state index contributed by atoms with van der Waals surface area (Å²) in [6, 6.07) is 4.13. The maximum atomic E-state index is 5.14. The van der Waals surface area contributed by atoms with Crippen molar-refractivity contribution in [3.05, 3.63) is 23.9 Å². The lowest BCUT2D eigenvalue weighted by molar-refractivity contribution is 0.175. The summed E-state index contributed by atoms with van der Waals surface area (Å²) < 4.78 is 5.14. The Morgan fingerprint density at radius 2 is 2.25 bits per heavy atom. The molecule has 1 aromatic rings. The van der Waals surface area contributed by atoms with Crippen molar-refractivity contribution in [1.82, 2.24) is 4.98 Å². The summed E-state index contributed by atoms with van der Waals surface area (Å²) in [6.45, 7) is 3.94. The molecule has 0 unspecified atom stereocenters. The number of pyridine rings is 1. The molecule has 1 aliphatic rings. The molecule has 1 aliphatic carbocycles. The number of nitrogens with zero attached hydrogens (tertiary/aromatic N) is 1. The lowest BCUT2D eigenvalue weighted by atomic mass is 10.0. The molecule has 3 nitrogen and oxygen atoms in total. The summed E-state index contributed by atoms with van der Waals surface area (Å²) in [6.07, 6.45) is 5.68. The lowest BCUT2D eigenvalue weighted by Gasteiger charge is -2.15. The van der Waals surface area contributed by atoms with Crippen LogP contribution in [0.5, 0.6) is 0 Å². The number of hydrogen-bond donors (Lipinski definition) is 1. The van der Waals surface area contributed by atoms with E-state index < -0.39 is 0 Å². The zero-order valence-corrected chi connectivity index (χ0v) is 10.1. The van der Waals surface area contributed by atoms with Crippen molar-refractivity contribution in [2.75, 3.05) is 25.6 Å². The number of anilines is 1. The standard InChI is InChI=1S/C13H20N2O/c1-11-3-4-12(14-9-11)15-10-13(5-6-13)7-8-16-2/h3-4,9H,5-8,10H2,1-2H3,(H,14,15). The molecule has 88 valence electrons. The molecule has 1 N–H and O–H groups in total. The molecule has 0 amide bonds. The number of methoxy groups -OCH3 is 1. The van der Waals surface area contributed by atoms with Crippen LogP contribution in [0.1, 0.15) is 24.8 Å². The second-order valence-electron chi connectivity index (χ2n) is 4.82. The molecule has 1 heterocycles. The summed E-state index contributed by atoms with van der Waals surface area (Å²) in [4.78, 5) is 4.35. The quantitative estimate of drug-likeness (QED) is 0.800. The molecule has 1 saturated carbocycles. The zero-order chi connectivity index (χ0) is 11.4. The maximum absolute atomic E-state index is 5.14. The summed E-state index contributed by atoms with van der Waals surface area (Å²) in [7, 11) is 1.77. The van der Waals surface area contributed by atoms with E-state index in [9.17, 15) is 0 Å². The van der Waals surface area contributed by atoms with Crippen LogP contribution in [0.4, 0.5) is 5.82 Å². The highest BCUT2D eigenvalue weighted by atomic mass is 16.5. The minimum atomic E-state index is 0.475. The second-order valence-corrected chi connectivity index (χ2v) is 4.82. The number of ether oxygens (including phenoxy) is 1. The van der Waals surface area contributed by atoms with Gasteiger partial charge in [-0.2, -0.15) is 0 Å². The monoisotopic (exact) mass is 220 g/mol. The first-order valence-corrected chi connectivity index (χ1v) is 5.90. The molecule has 1 fully saturated rings. The third-order valence-electron chi connectivity index (χ3n) is 3.35. The molecule has 0 aromatic carbocycles. The predicted molar refractivity (Wildman–Crippen MR) is 65.6 cm³/mol. The summed E-state index contributed by atoms with van der Waals surface area (Å²) in [5.41, 5.74) is 1.67. The van der Waals surface area contributed by atoms with Gasteiger partial charge >= 0.3 is 0 Å². The molecule has 0 bridgehead atoms. The van der Waals surface area contributed by atoms with Crippen molar-refractivity contribution in [3.8, 4) is 0 Å². The zero-order valence-electron chi connectivity index (χ0n) is 10.1. The van der Waals surface area contributed by atoms with Crippen molar-refractivity contribution >= 4 is 5.82 Å². The van der Waals surface area contributed by atoms with E-state index in [1.807, 2.05) is 12.3 Å². The first kappa shape index (κ1) is 11.4. The largest absolute Gasteiger partial charge is 0.385 e. The normalized spacial score (nSPS) is 17.1. The van der Waals surface area contributed by atoms with E-state index in [1.165, 1.54) is 18.4 Å². The van der Waals surface area contributed by atoms with Gasteiger partial charge in [0.15, 0.2) is 0 Å². The van der Waals surface area contributed by atoms with Gasteiger partial charge in [-0.25, -0.2) is 4.98 Å². The van der Waals surface area contributed by atoms with Gasteiger partial charge in [0.2, 0.25) is 0 Å². The van der Waals surface area contributed by atoms with Gasteiger partial charge in [-0.3, -0.25) is 0 Å². The molecule has 0 radical (unpaired) electrons. The van der Waals surface area contributed by atoms with Crippen LogP contribution in [0, 0.1) is 12.3 Å². The molecular formula is C13H20N2O. The Labute approximate surface area is 97.2 Å². The summed E-state index contributed by atoms with van der Waals surface area (Å²) in [5.74, 6) is 0.981. The van der Waals surface area contributed by atoms with Crippen LogP contribution < -0.4 is 5.32 Å². The Kier molecular flexibility index (Phi) is 3.44. The van der Waals surface area contributed by atoms with E-state index in [0.29, 0.717) is 5.41 Å². The van der Waals surface area contributed by atoms with Crippen LogP contribution in [0.25, 0.3) is 0 Å². The van der Waals surface area contributed by atoms with Crippen LogP contribution in [0.3, 0.4) is 0 Å². The van der Waals surface area contributed by atoms with Crippen LogP contribution in [-0.4, -0.2) is 25.2 Å². The average molecular weight is 220 g/mol. The topological polar surface area (TPSA) is 34.1 Å². The van der Waals surface area contributed by atoms with Crippen LogP contribution >= 0.6 is 0 Å². The van der Waals surface area contributed by atoms with E-state index in [0.717, 1.165) is 25.4 Å². The van der Waals surface area contributed by atoms with Gasteiger partial charge < -0.3 is 10.1 Å². The third-order valence-corrected chi connectivity index (χ3v) is 3.35. The Bertz CT molecular complexity index is 330. The lowest BCUT2D eigenvalue weighted by Crippen LogP contribution is -2.17. The Hall–Kier alpha value is -1.09. The number of aromatic nitrogens is 1. The van der Waals surface area contributed by atoms with E-state index in [-0.39, 0.29) is 0 Å². The van der Waals surface area contributed by atoms with E-state index in [4.69, 9.17) is 4.74 Å². The van der Waals surface area contributed by atoms with Crippen LogP contribution in [-0.2, 0) is 4.74 Å². The Morgan fingerprint density at radius 1 is 1.44 bits per heavy atom. The van der Waals surface area contributed by atoms with Gasteiger partial charge in [0.05, 0.1) is 0 Å². The van der Waals surface area contributed by atoms with Crippen molar-refractivity contribution in [1.29, 1.82) is 0 Å². The SMILES string of the molecule is COCCC1(CNc2ccc(C)cn2)CC1. The van der Waals surface area contributed by atoms with Gasteiger partial charge in [-0.05, 0) is 43.2 Å². The average Bonchev–Trinajstić information content (AvgIpc) is 3.07. The van der Waals surface area contributed by atoms with Gasteiger partial charge in [0.25, 0.3) is 0 Å². The highest BCUT2D eigenvalue weighted by Crippen LogP contribution is 2.48. The highest BCUT2D eigenvalue weighted by molar-refractivity contribution is 5.35. The highest BCUT2D eigenvalue weighted by Gasteiger charge is 2.41. The predicted octanol–water partition coefficient (Wildman–Crippen LogP) is 2.62. The third kappa shape index (κ3) is 2.95. The minimum absolute atomic E-state index is 0.475. The molecular weight excluding hydrogens is 200 g/mol. The fraction of sp³-hybridized carbons (Fsp3) is 0.615. The number of rotatable bonds is 6. The first-order valence-electron chi connectivity index (χ1n) is 5.90. The van der Waals surface area contributed by atoms with E-state index in [2.05, 4.69) is 23.3 Å². The molecule has 1 aromatic heterocycles. The summed E-state index contributed by atoms with van der Waals surface area (Å²) in [5, 5.41) is 3.42. The molecule has 0 aliphatic heterocycles. The fourth-order valence-electron chi connectivity index (χ4n) is 1.86. The van der Waals surface area contributed by atoms with Gasteiger partial charge in [0.1, 0.15) is 5.82 Å². The van der Waals surface area contributed by atoms with E-state index >= 15 is 0 Å². The molecule has 3 heteroatoms. The molecule has 16 heavy (non-hydrogen) atoms. The second kappa shape index (κ2) is 4.83. The minimum Gasteiger partial charge on any atom is -0.385 e. The molecule has 0 atom stereocenters. The van der Waals surface area contributed by atoms with Crippen molar-refractivity contribution < 1.29 is 4.74 Å². The molecule has 2 rings (SSSR count). The van der Waals surface area contributed by atoms with Crippen molar-refractivity contribution in [2.24, 2.45) is 5.41 Å². The number of hydrogen-bond acceptors (Lipinski definition) is 3. The van der Waals surface area contributed by atoms with Crippen molar-refractivity contribution in [2.45, 2.75) is 26.2 Å². The van der Waals surface area contributed by atoms with Crippen LogP contribution in [0.15, 0.2) is 18.3 Å². The fourth-order valence-corrected chi connectivity index (χ4v) is 1.86. The summed E-state index contributed by atoms with van der Waals surface area (Å²) >= 11 is 0. The van der Waals surface area contributed by atoms with Gasteiger partial charge in [0, 0.05) is 26.5 Å². The molecule has 0 saturated heterocycles. The van der Waals surface area contributed by atoms with E-state index in [1.54, 1.807) is 7.11 Å². The van der Waals surface area contributed by atoms with Gasteiger partial charge in [-0.1, -0.05) is 6.07 Å². The Morgan fingerprint density at radius 3 is 2.81 bits per heavy atom. The molecule has 0 spiro atoms. The van der Waals surface area contributed by atoms with Gasteiger partial charge in [-0.15, -0.1) is 0 Å². The number of aryl methyl sites for hydroxylation is 1. The number of nitrogens with one attached hydrogen (secondary N) is 1.